The van der Waals surface area contributed by atoms with Crippen molar-refractivity contribution in [2.75, 3.05) is 0 Å². The van der Waals surface area contributed by atoms with Crippen LogP contribution < -0.4 is 10.9 Å². The van der Waals surface area contributed by atoms with Crippen molar-refractivity contribution in [1.82, 2.24) is 19.7 Å². The SMILES string of the molecule is Cc1c(CNC(=O)c2ccc(=O)[nH]c2)sc2nc(-c3ccc(F)cc3)cn12. The summed E-state index contributed by atoms with van der Waals surface area (Å²) in [4.78, 5) is 32.1. The van der Waals surface area contributed by atoms with Crippen LogP contribution in [0.1, 0.15) is 20.9 Å². The number of rotatable bonds is 4. The molecule has 0 fully saturated rings. The summed E-state index contributed by atoms with van der Waals surface area (Å²) in [7, 11) is 0. The normalized spacial score (nSPS) is 11.0. The van der Waals surface area contributed by atoms with Crippen LogP contribution in [-0.2, 0) is 6.54 Å². The molecule has 27 heavy (non-hydrogen) atoms. The number of imidazole rings is 1. The lowest BCUT2D eigenvalue weighted by molar-refractivity contribution is 0.0951. The molecular weight excluding hydrogens is 367 g/mol. The minimum absolute atomic E-state index is 0.251. The van der Waals surface area contributed by atoms with E-state index < -0.39 is 0 Å². The van der Waals surface area contributed by atoms with E-state index in [1.54, 1.807) is 12.1 Å². The molecule has 1 amide bonds. The van der Waals surface area contributed by atoms with Gasteiger partial charge in [-0.1, -0.05) is 11.3 Å². The van der Waals surface area contributed by atoms with Crippen LogP contribution in [0, 0.1) is 12.7 Å². The van der Waals surface area contributed by atoms with E-state index in [1.807, 2.05) is 17.5 Å². The van der Waals surface area contributed by atoms with Crippen molar-refractivity contribution >= 4 is 22.2 Å². The van der Waals surface area contributed by atoms with Crippen molar-refractivity contribution in [2.45, 2.75) is 13.5 Å². The van der Waals surface area contributed by atoms with Crippen molar-refractivity contribution in [2.24, 2.45) is 0 Å². The Bertz CT molecular complexity index is 1170. The van der Waals surface area contributed by atoms with Gasteiger partial charge in [0.05, 0.1) is 17.8 Å². The number of hydrogen-bond donors (Lipinski definition) is 2. The predicted octanol–water partition coefficient (Wildman–Crippen LogP) is 3.13. The average Bonchev–Trinajstić information content (AvgIpc) is 3.20. The zero-order valence-electron chi connectivity index (χ0n) is 14.3. The quantitative estimate of drug-likeness (QED) is 0.569. The maximum atomic E-state index is 13.1. The van der Waals surface area contributed by atoms with Gasteiger partial charge in [-0.05, 0) is 37.3 Å². The molecule has 0 aliphatic carbocycles. The van der Waals surface area contributed by atoms with E-state index in [0.29, 0.717) is 12.1 Å². The highest BCUT2D eigenvalue weighted by atomic mass is 32.1. The second-order valence-electron chi connectivity index (χ2n) is 6.02. The lowest BCUT2D eigenvalue weighted by atomic mass is 10.2. The van der Waals surface area contributed by atoms with Crippen LogP contribution in [0.5, 0.6) is 0 Å². The van der Waals surface area contributed by atoms with Crippen molar-refractivity contribution in [1.29, 1.82) is 0 Å². The first-order chi connectivity index (χ1) is 13.0. The maximum Gasteiger partial charge on any atom is 0.253 e. The van der Waals surface area contributed by atoms with Gasteiger partial charge in [-0.15, -0.1) is 0 Å². The van der Waals surface area contributed by atoms with E-state index in [1.165, 1.54) is 41.8 Å². The number of nitrogens with zero attached hydrogens (tertiary/aromatic N) is 2. The van der Waals surface area contributed by atoms with Gasteiger partial charge < -0.3 is 10.3 Å². The van der Waals surface area contributed by atoms with Gasteiger partial charge in [0.15, 0.2) is 4.96 Å². The zero-order chi connectivity index (χ0) is 19.0. The van der Waals surface area contributed by atoms with Gasteiger partial charge in [-0.25, -0.2) is 9.37 Å². The summed E-state index contributed by atoms with van der Waals surface area (Å²) in [5.41, 5.74) is 2.75. The monoisotopic (exact) mass is 382 g/mol. The first kappa shape index (κ1) is 17.2. The molecule has 8 heteroatoms. The van der Waals surface area contributed by atoms with Crippen LogP contribution in [0.2, 0.25) is 0 Å². The third-order valence-electron chi connectivity index (χ3n) is 4.25. The first-order valence-corrected chi connectivity index (χ1v) is 9.03. The molecule has 6 nitrogen and oxygen atoms in total. The van der Waals surface area contributed by atoms with Gasteiger partial charge in [0.2, 0.25) is 5.56 Å². The van der Waals surface area contributed by atoms with E-state index in [-0.39, 0.29) is 17.3 Å². The molecule has 136 valence electrons. The predicted molar refractivity (Wildman–Crippen MR) is 101 cm³/mol. The summed E-state index contributed by atoms with van der Waals surface area (Å²) in [5, 5.41) is 2.85. The van der Waals surface area contributed by atoms with Crippen LogP contribution >= 0.6 is 11.3 Å². The average molecular weight is 382 g/mol. The minimum atomic E-state index is -0.281. The smallest absolute Gasteiger partial charge is 0.253 e. The number of amides is 1. The van der Waals surface area contributed by atoms with Gasteiger partial charge in [-0.2, -0.15) is 0 Å². The Kier molecular flexibility index (Phi) is 4.33. The molecule has 1 aromatic carbocycles. The first-order valence-electron chi connectivity index (χ1n) is 8.21. The fourth-order valence-corrected chi connectivity index (χ4v) is 3.77. The number of benzene rings is 1. The van der Waals surface area contributed by atoms with Gasteiger partial charge >= 0.3 is 0 Å². The molecule has 0 spiro atoms. The third-order valence-corrected chi connectivity index (χ3v) is 5.41. The number of halogens is 1. The highest BCUT2D eigenvalue weighted by molar-refractivity contribution is 7.17. The van der Waals surface area contributed by atoms with Gasteiger partial charge in [0, 0.05) is 34.6 Å². The largest absolute Gasteiger partial charge is 0.347 e. The minimum Gasteiger partial charge on any atom is -0.347 e. The van der Waals surface area contributed by atoms with Gasteiger partial charge in [0.1, 0.15) is 5.82 Å². The van der Waals surface area contributed by atoms with E-state index in [4.69, 9.17) is 0 Å². The second kappa shape index (κ2) is 6.81. The second-order valence-corrected chi connectivity index (χ2v) is 7.08. The van der Waals surface area contributed by atoms with Gasteiger partial charge in [-0.3, -0.25) is 14.0 Å². The van der Waals surface area contributed by atoms with Crippen LogP contribution in [0.15, 0.2) is 53.6 Å². The van der Waals surface area contributed by atoms with E-state index in [2.05, 4.69) is 15.3 Å². The Labute approximate surface area is 157 Å². The molecule has 0 radical (unpaired) electrons. The Balaban J connectivity index is 1.53. The summed E-state index contributed by atoms with van der Waals surface area (Å²) in [6, 6.07) is 9.01. The zero-order valence-corrected chi connectivity index (χ0v) is 15.1. The number of nitrogens with one attached hydrogen (secondary N) is 2. The van der Waals surface area contributed by atoms with Crippen molar-refractivity contribution in [3.63, 3.8) is 0 Å². The van der Waals surface area contributed by atoms with Crippen LogP contribution in [0.4, 0.5) is 4.39 Å². The number of aromatic nitrogens is 3. The number of aromatic amines is 1. The summed E-state index contributed by atoms with van der Waals surface area (Å²) < 4.78 is 15.0. The maximum absolute atomic E-state index is 13.1. The number of pyridine rings is 1. The van der Waals surface area contributed by atoms with Crippen molar-refractivity contribution < 1.29 is 9.18 Å². The third kappa shape index (κ3) is 3.39. The summed E-state index contributed by atoms with van der Waals surface area (Å²) in [5.74, 6) is -0.542. The molecule has 0 unspecified atom stereocenters. The molecule has 0 saturated carbocycles. The molecule has 0 aliphatic heterocycles. The standard InChI is InChI=1S/C19H15FN4O2S/c1-11-16(9-22-18(26)13-4-7-17(25)21-8-13)27-19-23-15(10-24(11)19)12-2-5-14(20)6-3-12/h2-8,10H,9H2,1H3,(H,21,25)(H,22,26). The van der Waals surface area contributed by atoms with Gasteiger partial charge in [0.25, 0.3) is 5.91 Å². The Morgan fingerprint density at radius 1 is 1.26 bits per heavy atom. The van der Waals surface area contributed by atoms with Crippen molar-refractivity contribution in [3.05, 3.63) is 81.1 Å². The van der Waals surface area contributed by atoms with Crippen LogP contribution in [0.3, 0.4) is 0 Å². The number of fused-ring (bicyclic) bond motifs is 1. The fourth-order valence-electron chi connectivity index (χ4n) is 2.73. The molecule has 4 aromatic rings. The van der Waals surface area contributed by atoms with Crippen molar-refractivity contribution in [3.8, 4) is 11.3 Å². The number of H-pyrrole nitrogens is 1. The highest BCUT2D eigenvalue weighted by Crippen LogP contribution is 2.27. The van der Waals surface area contributed by atoms with E-state index >= 15 is 0 Å². The molecule has 0 aliphatic rings. The molecule has 0 saturated heterocycles. The lowest BCUT2D eigenvalue weighted by Gasteiger charge is -2.04. The van der Waals surface area contributed by atoms with Crippen LogP contribution in [-0.4, -0.2) is 20.3 Å². The molecule has 2 N–H and O–H groups in total. The van der Waals surface area contributed by atoms with E-state index in [0.717, 1.165) is 26.8 Å². The molecule has 0 bridgehead atoms. The summed E-state index contributed by atoms with van der Waals surface area (Å²) in [6.45, 7) is 2.32. The summed E-state index contributed by atoms with van der Waals surface area (Å²) in [6.07, 6.45) is 3.29. The summed E-state index contributed by atoms with van der Waals surface area (Å²) >= 11 is 1.49. The van der Waals surface area contributed by atoms with E-state index in [9.17, 15) is 14.0 Å². The number of aryl methyl sites for hydroxylation is 1. The number of hydrogen-bond acceptors (Lipinski definition) is 4. The molecule has 4 rings (SSSR count). The topological polar surface area (TPSA) is 79.3 Å². The number of carbonyl (C=O) groups excluding carboxylic acids is 1. The Morgan fingerprint density at radius 2 is 2.04 bits per heavy atom. The molecule has 0 atom stereocenters. The number of thiazole rings is 1. The highest BCUT2D eigenvalue weighted by Gasteiger charge is 2.14. The lowest BCUT2D eigenvalue weighted by Crippen LogP contribution is -2.23. The molecule has 3 heterocycles. The molecule has 3 aromatic heterocycles. The Morgan fingerprint density at radius 3 is 2.70 bits per heavy atom. The molecular formula is C19H15FN4O2S. The van der Waals surface area contributed by atoms with Crippen LogP contribution in [0.25, 0.3) is 16.2 Å². The number of carbonyl (C=O) groups is 1. The Hall–Kier alpha value is -3.26. The fraction of sp³-hybridized carbons (Fsp3) is 0.105.